The molecular weight excluding hydrogens is 316 g/mol. The second-order valence-electron chi connectivity index (χ2n) is 6.42. The molecule has 3 rings (SSSR count). The van der Waals surface area contributed by atoms with Gasteiger partial charge in [-0.3, -0.25) is 5.32 Å². The van der Waals surface area contributed by atoms with Gasteiger partial charge < -0.3 is 14.7 Å². The lowest BCUT2D eigenvalue weighted by molar-refractivity contribution is 0.147. The molecule has 1 unspecified atom stereocenters. The van der Waals surface area contributed by atoms with Crippen molar-refractivity contribution in [1.29, 1.82) is 0 Å². The number of hydrogen-bond donors (Lipinski definition) is 2. The number of likely N-dealkylation sites (tertiary alicyclic amines) is 1. The molecule has 1 fully saturated rings. The van der Waals surface area contributed by atoms with Crippen LogP contribution < -0.4 is 5.32 Å². The highest BCUT2D eigenvalue weighted by atomic mass is 16.5. The summed E-state index contributed by atoms with van der Waals surface area (Å²) in [6.07, 6.45) is 2.79. The van der Waals surface area contributed by atoms with Gasteiger partial charge in [-0.1, -0.05) is 30.3 Å². The van der Waals surface area contributed by atoms with Gasteiger partial charge in [0.2, 0.25) is 0 Å². The van der Waals surface area contributed by atoms with Gasteiger partial charge in [0.1, 0.15) is 5.75 Å². The lowest BCUT2D eigenvalue weighted by atomic mass is 10.0. The molecule has 2 N–H and O–H groups in total. The first kappa shape index (κ1) is 17.3. The van der Waals surface area contributed by atoms with E-state index < -0.39 is 6.09 Å². The maximum Gasteiger partial charge on any atom is 0.411 e. The van der Waals surface area contributed by atoms with Crippen LogP contribution in [0.4, 0.5) is 10.5 Å². The topological polar surface area (TPSA) is 61.8 Å². The van der Waals surface area contributed by atoms with Crippen molar-refractivity contribution in [3.63, 3.8) is 0 Å². The SMILES string of the molecule is CN1CCCC1CCOC(=O)Nc1ccccc1-c1cccc(O)c1. The number of anilines is 1. The molecule has 1 atom stereocenters. The van der Waals surface area contributed by atoms with Crippen molar-refractivity contribution in [2.45, 2.75) is 25.3 Å². The highest BCUT2D eigenvalue weighted by Gasteiger charge is 2.20. The molecule has 1 saturated heterocycles. The Kier molecular flexibility index (Phi) is 5.56. The Labute approximate surface area is 148 Å². The molecule has 0 spiro atoms. The highest BCUT2D eigenvalue weighted by Crippen LogP contribution is 2.30. The van der Waals surface area contributed by atoms with E-state index in [2.05, 4.69) is 17.3 Å². The van der Waals surface area contributed by atoms with Gasteiger partial charge in [0.05, 0.1) is 12.3 Å². The Balaban J connectivity index is 1.60. The number of hydrogen-bond acceptors (Lipinski definition) is 4. The molecule has 5 nitrogen and oxygen atoms in total. The maximum absolute atomic E-state index is 12.1. The average Bonchev–Trinajstić information content (AvgIpc) is 3.00. The molecular formula is C20H24N2O3. The minimum atomic E-state index is -0.451. The third kappa shape index (κ3) is 4.51. The molecule has 25 heavy (non-hydrogen) atoms. The minimum absolute atomic E-state index is 0.190. The average molecular weight is 340 g/mol. The smallest absolute Gasteiger partial charge is 0.411 e. The summed E-state index contributed by atoms with van der Waals surface area (Å²) in [5.41, 5.74) is 2.34. The first-order chi connectivity index (χ1) is 12.1. The minimum Gasteiger partial charge on any atom is -0.508 e. The van der Waals surface area contributed by atoms with Crippen LogP contribution in [-0.4, -0.2) is 42.3 Å². The molecule has 132 valence electrons. The van der Waals surface area contributed by atoms with E-state index in [1.165, 1.54) is 12.8 Å². The fourth-order valence-electron chi connectivity index (χ4n) is 3.29. The number of nitrogens with zero attached hydrogens (tertiary/aromatic N) is 1. The summed E-state index contributed by atoms with van der Waals surface area (Å²) in [5.74, 6) is 0.190. The van der Waals surface area contributed by atoms with E-state index in [1.54, 1.807) is 18.2 Å². The van der Waals surface area contributed by atoms with E-state index in [4.69, 9.17) is 4.74 Å². The van der Waals surface area contributed by atoms with Crippen LogP contribution in [0.15, 0.2) is 48.5 Å². The van der Waals surface area contributed by atoms with Crippen LogP contribution in [-0.2, 0) is 4.74 Å². The van der Waals surface area contributed by atoms with E-state index in [-0.39, 0.29) is 5.75 Å². The first-order valence-electron chi connectivity index (χ1n) is 8.66. The van der Waals surface area contributed by atoms with E-state index in [0.29, 0.717) is 18.3 Å². The van der Waals surface area contributed by atoms with Crippen LogP contribution in [0.1, 0.15) is 19.3 Å². The number of carbonyl (C=O) groups excluding carboxylic acids is 1. The Morgan fingerprint density at radius 1 is 1.28 bits per heavy atom. The van der Waals surface area contributed by atoms with Gasteiger partial charge in [-0.25, -0.2) is 4.79 Å². The summed E-state index contributed by atoms with van der Waals surface area (Å²) in [5, 5.41) is 12.5. The van der Waals surface area contributed by atoms with Crippen LogP contribution in [0.3, 0.4) is 0 Å². The van der Waals surface area contributed by atoms with Crippen molar-refractivity contribution in [2.24, 2.45) is 0 Å². The third-order valence-corrected chi connectivity index (χ3v) is 4.68. The van der Waals surface area contributed by atoms with Gasteiger partial charge in [-0.15, -0.1) is 0 Å². The number of phenols is 1. The number of para-hydroxylation sites is 1. The van der Waals surface area contributed by atoms with Gasteiger partial charge >= 0.3 is 6.09 Å². The van der Waals surface area contributed by atoms with Gasteiger partial charge in [-0.05, 0) is 56.6 Å². The highest BCUT2D eigenvalue weighted by molar-refractivity contribution is 5.91. The predicted octanol–water partition coefficient (Wildman–Crippen LogP) is 4.09. The molecule has 0 bridgehead atoms. The Bertz CT molecular complexity index is 732. The summed E-state index contributed by atoms with van der Waals surface area (Å²) < 4.78 is 5.34. The molecule has 2 aromatic rings. The molecule has 1 aliphatic rings. The van der Waals surface area contributed by atoms with Crippen molar-refractivity contribution < 1.29 is 14.6 Å². The zero-order chi connectivity index (χ0) is 17.6. The summed E-state index contributed by atoms with van der Waals surface area (Å²) in [7, 11) is 2.11. The summed E-state index contributed by atoms with van der Waals surface area (Å²) in [6, 6.07) is 14.9. The largest absolute Gasteiger partial charge is 0.508 e. The second-order valence-corrected chi connectivity index (χ2v) is 6.42. The number of ether oxygens (including phenoxy) is 1. The third-order valence-electron chi connectivity index (χ3n) is 4.68. The summed E-state index contributed by atoms with van der Waals surface area (Å²) in [6.45, 7) is 1.53. The number of phenolic OH excluding ortho intramolecular Hbond substituents is 1. The molecule has 0 saturated carbocycles. The van der Waals surface area contributed by atoms with Gasteiger partial charge in [-0.2, -0.15) is 0 Å². The quantitative estimate of drug-likeness (QED) is 0.860. The Morgan fingerprint density at radius 3 is 2.88 bits per heavy atom. The summed E-state index contributed by atoms with van der Waals surface area (Å²) >= 11 is 0. The lowest BCUT2D eigenvalue weighted by Crippen LogP contribution is -2.27. The zero-order valence-electron chi connectivity index (χ0n) is 14.4. The van der Waals surface area contributed by atoms with Crippen LogP contribution >= 0.6 is 0 Å². The molecule has 0 radical (unpaired) electrons. The van der Waals surface area contributed by atoms with Crippen LogP contribution in [0.5, 0.6) is 5.75 Å². The van der Waals surface area contributed by atoms with Crippen molar-refractivity contribution in [1.82, 2.24) is 4.90 Å². The van der Waals surface area contributed by atoms with E-state index >= 15 is 0 Å². The van der Waals surface area contributed by atoms with Gasteiger partial charge in [0, 0.05) is 11.6 Å². The normalized spacial score (nSPS) is 17.4. The van der Waals surface area contributed by atoms with Gasteiger partial charge in [0.15, 0.2) is 0 Å². The van der Waals surface area contributed by atoms with E-state index in [0.717, 1.165) is 24.1 Å². The van der Waals surface area contributed by atoms with Crippen molar-refractivity contribution in [3.05, 3.63) is 48.5 Å². The molecule has 5 heteroatoms. The van der Waals surface area contributed by atoms with Crippen LogP contribution in [0.2, 0.25) is 0 Å². The Hall–Kier alpha value is -2.53. The number of amides is 1. The molecule has 2 aromatic carbocycles. The van der Waals surface area contributed by atoms with Crippen molar-refractivity contribution in [2.75, 3.05) is 25.5 Å². The molecule has 1 amide bonds. The Morgan fingerprint density at radius 2 is 2.12 bits per heavy atom. The predicted molar refractivity (Wildman–Crippen MR) is 98.8 cm³/mol. The number of benzene rings is 2. The van der Waals surface area contributed by atoms with Gasteiger partial charge in [0.25, 0.3) is 0 Å². The van der Waals surface area contributed by atoms with E-state index in [1.807, 2.05) is 30.3 Å². The summed E-state index contributed by atoms with van der Waals surface area (Å²) in [4.78, 5) is 14.4. The molecule has 1 aliphatic heterocycles. The number of carbonyl (C=O) groups is 1. The van der Waals surface area contributed by atoms with Crippen molar-refractivity contribution >= 4 is 11.8 Å². The van der Waals surface area contributed by atoms with E-state index in [9.17, 15) is 9.90 Å². The number of aromatic hydroxyl groups is 1. The first-order valence-corrected chi connectivity index (χ1v) is 8.66. The molecule has 0 aliphatic carbocycles. The zero-order valence-corrected chi connectivity index (χ0v) is 14.4. The number of nitrogens with one attached hydrogen (secondary N) is 1. The van der Waals surface area contributed by atoms with Crippen LogP contribution in [0.25, 0.3) is 11.1 Å². The standard InChI is InChI=1S/C20H24N2O3/c1-22-12-5-7-16(22)11-13-25-20(24)21-19-10-3-2-9-18(19)15-6-4-8-17(23)14-15/h2-4,6,8-10,14,16,23H,5,7,11-13H2,1H3,(H,21,24). The fraction of sp³-hybridized carbons (Fsp3) is 0.350. The second kappa shape index (κ2) is 8.03. The fourth-order valence-corrected chi connectivity index (χ4v) is 3.29. The molecule has 1 heterocycles. The monoisotopic (exact) mass is 340 g/mol. The maximum atomic E-state index is 12.1. The van der Waals surface area contributed by atoms with Crippen molar-refractivity contribution in [3.8, 4) is 16.9 Å². The van der Waals surface area contributed by atoms with Crippen LogP contribution in [0, 0.1) is 0 Å². The number of rotatable bonds is 5. The lowest BCUT2D eigenvalue weighted by Gasteiger charge is -2.19. The molecule has 0 aromatic heterocycles.